The summed E-state index contributed by atoms with van der Waals surface area (Å²) in [5.41, 5.74) is 0.845. The number of nitro benzene ring substituents is 1. The second-order valence-corrected chi connectivity index (χ2v) is 6.49. The van der Waals surface area contributed by atoms with Crippen molar-refractivity contribution in [2.24, 2.45) is 0 Å². The van der Waals surface area contributed by atoms with Gasteiger partial charge in [-0.2, -0.15) is 0 Å². The van der Waals surface area contributed by atoms with E-state index in [4.69, 9.17) is 9.47 Å². The van der Waals surface area contributed by atoms with E-state index >= 15 is 0 Å². The van der Waals surface area contributed by atoms with Gasteiger partial charge in [-0.25, -0.2) is 0 Å². The van der Waals surface area contributed by atoms with Crippen LogP contribution >= 0.6 is 11.8 Å². The summed E-state index contributed by atoms with van der Waals surface area (Å²) in [6, 6.07) is 11.3. The number of ether oxygens (including phenoxy) is 2. The lowest BCUT2D eigenvalue weighted by molar-refractivity contribution is -0.384. The highest BCUT2D eigenvalue weighted by molar-refractivity contribution is 8.00. The number of nitro groups is 1. The Morgan fingerprint density at radius 3 is 2.46 bits per heavy atom. The first kappa shape index (κ1) is 19.6. The van der Waals surface area contributed by atoms with Crippen LogP contribution in [0, 0.1) is 10.1 Å². The fourth-order valence-corrected chi connectivity index (χ4v) is 3.06. The van der Waals surface area contributed by atoms with Gasteiger partial charge in [0.05, 0.1) is 30.9 Å². The van der Waals surface area contributed by atoms with E-state index in [0.29, 0.717) is 11.5 Å². The lowest BCUT2D eigenvalue weighted by Crippen LogP contribution is -2.28. The van der Waals surface area contributed by atoms with Crippen molar-refractivity contribution in [2.45, 2.75) is 17.9 Å². The molecule has 0 spiro atoms. The summed E-state index contributed by atoms with van der Waals surface area (Å²) in [5, 5.41) is 13.6. The predicted octanol–water partition coefficient (Wildman–Crippen LogP) is 3.58. The normalized spacial score (nSPS) is 11.5. The standard InChI is InChI=1S/C18H20N2O5S/c1-12(16-10-14(24-2)6-9-17(16)25-3)19-18(21)11-26-15-7-4-13(5-8-15)20(22)23/h4-10,12H,11H2,1-3H3,(H,19,21)/t12-/m0/s1. The number of nitrogens with zero attached hydrogens (tertiary/aromatic N) is 1. The molecule has 8 heteroatoms. The van der Waals surface area contributed by atoms with E-state index in [9.17, 15) is 14.9 Å². The Kier molecular flexibility index (Phi) is 6.85. The molecule has 7 nitrogen and oxygen atoms in total. The third kappa shape index (κ3) is 5.13. The first-order valence-electron chi connectivity index (χ1n) is 7.83. The molecule has 0 heterocycles. The quantitative estimate of drug-likeness (QED) is 0.430. The number of carbonyl (C=O) groups is 1. The van der Waals surface area contributed by atoms with Crippen molar-refractivity contribution in [3.8, 4) is 11.5 Å². The highest BCUT2D eigenvalue weighted by atomic mass is 32.2. The SMILES string of the molecule is COc1ccc(OC)c([C@H](C)NC(=O)CSc2ccc([N+](=O)[O-])cc2)c1. The number of rotatable bonds is 8. The molecule has 0 bridgehead atoms. The molecular formula is C18H20N2O5S. The van der Waals surface area contributed by atoms with Gasteiger partial charge in [-0.3, -0.25) is 14.9 Å². The number of benzene rings is 2. The van der Waals surface area contributed by atoms with E-state index in [1.165, 1.54) is 23.9 Å². The molecule has 0 aliphatic carbocycles. The molecular weight excluding hydrogens is 356 g/mol. The number of nitrogens with one attached hydrogen (secondary N) is 1. The lowest BCUT2D eigenvalue weighted by Gasteiger charge is -2.18. The summed E-state index contributed by atoms with van der Waals surface area (Å²) in [5.74, 6) is 1.41. The zero-order valence-electron chi connectivity index (χ0n) is 14.7. The highest BCUT2D eigenvalue weighted by Crippen LogP contribution is 2.29. The Bertz CT molecular complexity index is 780. The largest absolute Gasteiger partial charge is 0.497 e. The predicted molar refractivity (Wildman–Crippen MR) is 99.9 cm³/mol. The van der Waals surface area contributed by atoms with E-state index in [-0.39, 0.29) is 23.4 Å². The summed E-state index contributed by atoms with van der Waals surface area (Å²) in [6.07, 6.45) is 0. The number of non-ortho nitro benzene ring substituents is 1. The van der Waals surface area contributed by atoms with Gasteiger partial charge in [0.25, 0.3) is 5.69 Å². The molecule has 0 aromatic heterocycles. The van der Waals surface area contributed by atoms with Crippen LogP contribution in [-0.2, 0) is 4.79 Å². The van der Waals surface area contributed by atoms with Gasteiger partial charge >= 0.3 is 0 Å². The summed E-state index contributed by atoms with van der Waals surface area (Å²) in [7, 11) is 3.15. The maximum atomic E-state index is 12.2. The molecule has 1 atom stereocenters. The van der Waals surface area contributed by atoms with Gasteiger partial charge < -0.3 is 14.8 Å². The van der Waals surface area contributed by atoms with Crippen molar-refractivity contribution in [3.05, 3.63) is 58.1 Å². The zero-order valence-corrected chi connectivity index (χ0v) is 15.5. The van der Waals surface area contributed by atoms with Crippen molar-refractivity contribution in [1.29, 1.82) is 0 Å². The van der Waals surface area contributed by atoms with Crippen LogP contribution in [-0.4, -0.2) is 30.8 Å². The highest BCUT2D eigenvalue weighted by Gasteiger charge is 2.15. The van der Waals surface area contributed by atoms with Crippen LogP contribution < -0.4 is 14.8 Å². The molecule has 0 unspecified atom stereocenters. The number of hydrogen-bond donors (Lipinski definition) is 1. The maximum absolute atomic E-state index is 12.2. The van der Waals surface area contributed by atoms with E-state index in [2.05, 4.69) is 5.32 Å². The van der Waals surface area contributed by atoms with Gasteiger partial charge in [-0.1, -0.05) is 0 Å². The molecule has 0 radical (unpaired) electrons. The van der Waals surface area contributed by atoms with E-state index in [1.807, 2.05) is 13.0 Å². The smallest absolute Gasteiger partial charge is 0.269 e. The summed E-state index contributed by atoms with van der Waals surface area (Å²) in [4.78, 5) is 23.2. The molecule has 2 aromatic rings. The minimum absolute atomic E-state index is 0.0255. The van der Waals surface area contributed by atoms with E-state index < -0.39 is 4.92 Å². The molecule has 0 aliphatic heterocycles. The van der Waals surface area contributed by atoms with Crippen LogP contribution in [0.3, 0.4) is 0 Å². The molecule has 26 heavy (non-hydrogen) atoms. The van der Waals surface area contributed by atoms with E-state index in [0.717, 1.165) is 10.5 Å². The number of hydrogen-bond acceptors (Lipinski definition) is 6. The Balaban J connectivity index is 1.95. The molecule has 1 N–H and O–H groups in total. The van der Waals surface area contributed by atoms with E-state index in [1.54, 1.807) is 38.5 Å². The van der Waals surface area contributed by atoms with Crippen molar-refractivity contribution < 1.29 is 19.2 Å². The van der Waals surface area contributed by atoms with Gasteiger partial charge in [0.15, 0.2) is 0 Å². The fraction of sp³-hybridized carbons (Fsp3) is 0.278. The van der Waals surface area contributed by atoms with Crippen LogP contribution in [0.2, 0.25) is 0 Å². The number of amides is 1. The number of carbonyl (C=O) groups excluding carboxylic acids is 1. The third-order valence-corrected chi connectivity index (χ3v) is 4.71. The summed E-state index contributed by atoms with van der Waals surface area (Å²) >= 11 is 1.31. The minimum Gasteiger partial charge on any atom is -0.497 e. The van der Waals surface area contributed by atoms with Gasteiger partial charge in [0.2, 0.25) is 5.91 Å². The molecule has 1 amide bonds. The van der Waals surface area contributed by atoms with Crippen LogP contribution in [0.15, 0.2) is 47.4 Å². The molecule has 138 valence electrons. The molecule has 0 fully saturated rings. The van der Waals surface area contributed by atoms with Crippen molar-refractivity contribution in [2.75, 3.05) is 20.0 Å². The van der Waals surface area contributed by atoms with Gasteiger partial charge in [-0.05, 0) is 37.3 Å². The second-order valence-electron chi connectivity index (χ2n) is 5.44. The van der Waals surface area contributed by atoms with Gasteiger partial charge in [-0.15, -0.1) is 11.8 Å². The summed E-state index contributed by atoms with van der Waals surface area (Å²) < 4.78 is 10.6. The Morgan fingerprint density at radius 1 is 1.19 bits per heavy atom. The first-order valence-corrected chi connectivity index (χ1v) is 8.81. The molecule has 0 aliphatic rings. The van der Waals surface area contributed by atoms with Gasteiger partial charge in [0.1, 0.15) is 11.5 Å². The molecule has 0 saturated heterocycles. The van der Waals surface area contributed by atoms with Crippen LogP contribution in [0.1, 0.15) is 18.5 Å². The minimum atomic E-state index is -0.454. The average Bonchev–Trinajstić information content (AvgIpc) is 2.66. The van der Waals surface area contributed by atoms with Gasteiger partial charge in [0, 0.05) is 22.6 Å². The topological polar surface area (TPSA) is 90.7 Å². The Hall–Kier alpha value is -2.74. The zero-order chi connectivity index (χ0) is 19.1. The molecule has 2 aromatic carbocycles. The first-order chi connectivity index (χ1) is 12.4. The van der Waals surface area contributed by atoms with Crippen LogP contribution in [0.5, 0.6) is 11.5 Å². The van der Waals surface area contributed by atoms with Crippen molar-refractivity contribution in [1.82, 2.24) is 5.32 Å². The van der Waals surface area contributed by atoms with Crippen molar-refractivity contribution in [3.63, 3.8) is 0 Å². The monoisotopic (exact) mass is 376 g/mol. The Morgan fingerprint density at radius 2 is 1.88 bits per heavy atom. The Labute approximate surface area is 155 Å². The average molecular weight is 376 g/mol. The van der Waals surface area contributed by atoms with Crippen LogP contribution in [0.4, 0.5) is 5.69 Å². The third-order valence-electron chi connectivity index (χ3n) is 3.70. The van der Waals surface area contributed by atoms with Crippen LogP contribution in [0.25, 0.3) is 0 Å². The fourth-order valence-electron chi connectivity index (χ4n) is 2.35. The number of thioether (sulfide) groups is 1. The lowest BCUT2D eigenvalue weighted by atomic mass is 10.1. The molecule has 0 saturated carbocycles. The summed E-state index contributed by atoms with van der Waals surface area (Å²) in [6.45, 7) is 1.87. The molecule has 2 rings (SSSR count). The number of methoxy groups -OCH3 is 2. The van der Waals surface area contributed by atoms with Crippen molar-refractivity contribution >= 4 is 23.4 Å². The second kappa shape index (κ2) is 9.10. The maximum Gasteiger partial charge on any atom is 0.269 e.